The van der Waals surface area contributed by atoms with Crippen molar-refractivity contribution in [3.63, 3.8) is 0 Å². The van der Waals surface area contributed by atoms with Crippen LogP contribution in [-0.4, -0.2) is 4.92 Å². The van der Waals surface area contributed by atoms with E-state index in [4.69, 9.17) is 4.42 Å². The van der Waals surface area contributed by atoms with E-state index in [1.54, 1.807) is 30.3 Å². The van der Waals surface area contributed by atoms with Crippen LogP contribution in [0.5, 0.6) is 0 Å². The second kappa shape index (κ2) is 7.34. The van der Waals surface area contributed by atoms with E-state index in [1.807, 2.05) is 18.2 Å². The number of hydrogen-bond donors (Lipinski definition) is 0. The molecule has 0 fully saturated rings. The van der Waals surface area contributed by atoms with Crippen LogP contribution in [0.15, 0.2) is 63.8 Å². The Morgan fingerprint density at radius 2 is 1.74 bits per heavy atom. The van der Waals surface area contributed by atoms with E-state index in [-0.39, 0.29) is 23.2 Å². The standard InChI is InChI=1S/C20H11N3O4/c21-11-16-9-17(23(25)26)7-6-14(16)8-15-10-19(13-4-2-1-3-5-13)27-20(24)18(15)12-22/h1-7,9-10H,8H2. The first-order valence-corrected chi connectivity index (χ1v) is 7.83. The third-order valence-corrected chi connectivity index (χ3v) is 4.01. The summed E-state index contributed by atoms with van der Waals surface area (Å²) in [6.45, 7) is 0. The van der Waals surface area contributed by atoms with Crippen LogP contribution >= 0.6 is 0 Å². The van der Waals surface area contributed by atoms with Crippen LogP contribution in [0.25, 0.3) is 11.3 Å². The second-order valence-corrected chi connectivity index (χ2v) is 5.66. The monoisotopic (exact) mass is 357 g/mol. The average molecular weight is 357 g/mol. The average Bonchev–Trinajstić information content (AvgIpc) is 2.68. The smallest absolute Gasteiger partial charge is 0.354 e. The lowest BCUT2D eigenvalue weighted by molar-refractivity contribution is -0.384. The Kier molecular flexibility index (Phi) is 4.78. The summed E-state index contributed by atoms with van der Waals surface area (Å²) in [4.78, 5) is 22.5. The number of nitro benzene ring substituents is 1. The van der Waals surface area contributed by atoms with Gasteiger partial charge < -0.3 is 4.42 Å². The maximum absolute atomic E-state index is 12.2. The van der Waals surface area contributed by atoms with Crippen LogP contribution in [-0.2, 0) is 6.42 Å². The van der Waals surface area contributed by atoms with Crippen LogP contribution in [0.2, 0.25) is 0 Å². The van der Waals surface area contributed by atoms with Crippen molar-refractivity contribution in [3.8, 4) is 23.5 Å². The highest BCUT2D eigenvalue weighted by Crippen LogP contribution is 2.24. The van der Waals surface area contributed by atoms with Gasteiger partial charge >= 0.3 is 5.63 Å². The molecule has 0 saturated heterocycles. The fraction of sp³-hybridized carbons (Fsp3) is 0.0500. The molecule has 0 unspecified atom stereocenters. The second-order valence-electron chi connectivity index (χ2n) is 5.66. The van der Waals surface area contributed by atoms with Gasteiger partial charge in [0.15, 0.2) is 0 Å². The Bertz CT molecular complexity index is 1170. The minimum atomic E-state index is -0.769. The summed E-state index contributed by atoms with van der Waals surface area (Å²) in [7, 11) is 0. The number of nitro groups is 1. The zero-order valence-electron chi connectivity index (χ0n) is 13.9. The molecule has 0 bridgehead atoms. The van der Waals surface area contributed by atoms with Gasteiger partial charge in [-0.05, 0) is 17.2 Å². The summed E-state index contributed by atoms with van der Waals surface area (Å²) in [6.07, 6.45) is 0.0925. The molecule has 0 atom stereocenters. The van der Waals surface area contributed by atoms with E-state index in [9.17, 15) is 25.4 Å². The molecule has 0 aliphatic rings. The van der Waals surface area contributed by atoms with Crippen molar-refractivity contribution in [2.45, 2.75) is 6.42 Å². The van der Waals surface area contributed by atoms with Crippen LogP contribution in [0.3, 0.4) is 0 Å². The lowest BCUT2D eigenvalue weighted by Gasteiger charge is -2.08. The van der Waals surface area contributed by atoms with Crippen LogP contribution in [0.4, 0.5) is 5.69 Å². The highest BCUT2D eigenvalue weighted by atomic mass is 16.6. The predicted molar refractivity (Wildman–Crippen MR) is 95.7 cm³/mol. The fourth-order valence-corrected chi connectivity index (χ4v) is 2.68. The van der Waals surface area contributed by atoms with E-state index in [2.05, 4.69) is 0 Å². The summed E-state index contributed by atoms with van der Waals surface area (Å²) in [6, 6.07) is 18.2. The third kappa shape index (κ3) is 3.58. The van der Waals surface area contributed by atoms with E-state index in [0.29, 0.717) is 22.5 Å². The number of rotatable bonds is 4. The Labute approximate surface area is 153 Å². The largest absolute Gasteiger partial charge is 0.422 e. The molecular weight excluding hydrogens is 346 g/mol. The van der Waals surface area contributed by atoms with E-state index in [0.717, 1.165) is 0 Å². The van der Waals surface area contributed by atoms with Gasteiger partial charge in [0.2, 0.25) is 0 Å². The molecule has 27 heavy (non-hydrogen) atoms. The third-order valence-electron chi connectivity index (χ3n) is 4.01. The van der Waals surface area contributed by atoms with Gasteiger partial charge in [0.1, 0.15) is 17.4 Å². The molecule has 0 N–H and O–H groups in total. The number of hydrogen-bond acceptors (Lipinski definition) is 6. The molecule has 3 aromatic rings. The van der Waals surface area contributed by atoms with Crippen LogP contribution in [0.1, 0.15) is 22.3 Å². The summed E-state index contributed by atoms with van der Waals surface area (Å²) in [5.41, 5.74) is 0.522. The quantitative estimate of drug-likeness (QED) is 0.520. The van der Waals surface area contributed by atoms with Crippen LogP contribution < -0.4 is 5.63 Å². The van der Waals surface area contributed by atoms with Crippen molar-refractivity contribution in [2.24, 2.45) is 0 Å². The summed E-state index contributed by atoms with van der Waals surface area (Å²) < 4.78 is 5.24. The molecular formula is C20H11N3O4. The Morgan fingerprint density at radius 1 is 1.00 bits per heavy atom. The fourth-order valence-electron chi connectivity index (χ4n) is 2.68. The molecule has 3 rings (SSSR count). The Hall–Kier alpha value is -4.23. The normalized spacial score (nSPS) is 10.0. The highest BCUT2D eigenvalue weighted by molar-refractivity contribution is 5.59. The zero-order valence-corrected chi connectivity index (χ0v) is 13.9. The first kappa shape index (κ1) is 17.6. The molecule has 0 aliphatic carbocycles. The van der Waals surface area contributed by atoms with Gasteiger partial charge in [0.25, 0.3) is 5.69 Å². The molecule has 1 aromatic heterocycles. The van der Waals surface area contributed by atoms with E-state index >= 15 is 0 Å². The van der Waals surface area contributed by atoms with Gasteiger partial charge in [0, 0.05) is 24.1 Å². The maximum atomic E-state index is 12.2. The molecule has 0 amide bonds. The molecule has 2 aromatic carbocycles. The SMILES string of the molecule is N#Cc1cc([N+](=O)[O-])ccc1Cc1cc(-c2ccccc2)oc(=O)c1C#N. The summed E-state index contributed by atoms with van der Waals surface area (Å²) >= 11 is 0. The predicted octanol–water partition coefficient (Wildman–Crippen LogP) is 3.55. The minimum absolute atomic E-state index is 0.0925. The van der Waals surface area contributed by atoms with Crippen molar-refractivity contribution in [2.75, 3.05) is 0 Å². The van der Waals surface area contributed by atoms with Crippen molar-refractivity contribution in [3.05, 3.63) is 97.4 Å². The Morgan fingerprint density at radius 3 is 2.37 bits per heavy atom. The van der Waals surface area contributed by atoms with E-state index in [1.165, 1.54) is 18.2 Å². The lowest BCUT2D eigenvalue weighted by atomic mass is 9.97. The number of nitriles is 2. The molecule has 0 saturated carbocycles. The van der Waals surface area contributed by atoms with Crippen molar-refractivity contribution < 1.29 is 9.34 Å². The zero-order chi connectivity index (χ0) is 19.4. The van der Waals surface area contributed by atoms with Gasteiger partial charge in [0.05, 0.1) is 16.6 Å². The molecule has 130 valence electrons. The topological polar surface area (TPSA) is 121 Å². The number of non-ortho nitro benzene ring substituents is 1. The van der Waals surface area contributed by atoms with Gasteiger partial charge in [-0.1, -0.05) is 36.4 Å². The van der Waals surface area contributed by atoms with Gasteiger partial charge in [-0.15, -0.1) is 0 Å². The number of nitrogens with zero attached hydrogens (tertiary/aromatic N) is 3. The molecule has 0 spiro atoms. The van der Waals surface area contributed by atoms with Gasteiger partial charge in [-0.2, -0.15) is 10.5 Å². The van der Waals surface area contributed by atoms with Gasteiger partial charge in [-0.25, -0.2) is 4.79 Å². The van der Waals surface area contributed by atoms with Gasteiger partial charge in [-0.3, -0.25) is 10.1 Å². The summed E-state index contributed by atoms with van der Waals surface area (Å²) in [5, 5.41) is 29.5. The molecule has 0 radical (unpaired) electrons. The van der Waals surface area contributed by atoms with E-state index < -0.39 is 10.5 Å². The number of benzene rings is 2. The minimum Gasteiger partial charge on any atom is -0.422 e. The van der Waals surface area contributed by atoms with Crippen molar-refractivity contribution >= 4 is 5.69 Å². The molecule has 7 heteroatoms. The Balaban J connectivity index is 2.11. The van der Waals surface area contributed by atoms with Crippen molar-refractivity contribution in [1.82, 2.24) is 0 Å². The molecule has 0 aliphatic heterocycles. The maximum Gasteiger partial charge on any atom is 0.354 e. The molecule has 7 nitrogen and oxygen atoms in total. The van der Waals surface area contributed by atoms with Crippen LogP contribution in [0, 0.1) is 32.8 Å². The molecule has 1 heterocycles. The first-order chi connectivity index (χ1) is 13.0. The lowest BCUT2D eigenvalue weighted by Crippen LogP contribution is -2.10. The summed E-state index contributed by atoms with van der Waals surface area (Å²) in [5.74, 6) is 0.301. The first-order valence-electron chi connectivity index (χ1n) is 7.83. The van der Waals surface area contributed by atoms with Crippen molar-refractivity contribution in [1.29, 1.82) is 10.5 Å². The highest BCUT2D eigenvalue weighted by Gasteiger charge is 2.16.